The van der Waals surface area contributed by atoms with E-state index in [-0.39, 0.29) is 12.4 Å². The Kier molecular flexibility index (Phi) is 7.87. The minimum atomic E-state index is 0. The van der Waals surface area contributed by atoms with Crippen LogP contribution in [0.4, 0.5) is 0 Å². The molecule has 1 atom stereocenters. The number of nitrogens with one attached hydrogen (secondary N) is 1. The number of rotatable bonds is 6. The van der Waals surface area contributed by atoms with Gasteiger partial charge in [-0.15, -0.1) is 25.0 Å². The zero-order valence-corrected chi connectivity index (χ0v) is 14.4. The summed E-state index contributed by atoms with van der Waals surface area (Å²) in [6.07, 6.45) is 2.28. The van der Waals surface area contributed by atoms with Gasteiger partial charge in [0.25, 0.3) is 0 Å². The molecule has 2 aromatic carbocycles. The molecular formula is C18H24ClNS. The molecular weight excluding hydrogens is 298 g/mol. The first-order chi connectivity index (χ1) is 9.68. The van der Waals surface area contributed by atoms with Gasteiger partial charge in [0.1, 0.15) is 0 Å². The maximum Gasteiger partial charge on any atom is 0.0305 e. The van der Waals surface area contributed by atoms with Crippen LogP contribution in [0, 0.1) is 6.92 Å². The first-order valence-corrected chi connectivity index (χ1v) is 7.69. The molecule has 3 heteroatoms. The summed E-state index contributed by atoms with van der Waals surface area (Å²) >= 11 is 4.57. The van der Waals surface area contributed by atoms with E-state index in [1.807, 2.05) is 0 Å². The Hall–Kier alpha value is -0.960. The van der Waals surface area contributed by atoms with Gasteiger partial charge in [0.2, 0.25) is 0 Å². The summed E-state index contributed by atoms with van der Waals surface area (Å²) in [5, 5.41) is 3.60. The van der Waals surface area contributed by atoms with Crippen LogP contribution in [0.15, 0.2) is 53.4 Å². The molecule has 0 saturated heterocycles. The molecule has 1 nitrogen and oxygen atoms in total. The molecule has 0 spiro atoms. The molecule has 0 aliphatic carbocycles. The Balaban J connectivity index is 0.00000220. The fraction of sp³-hybridized carbons (Fsp3) is 0.333. The van der Waals surface area contributed by atoms with Gasteiger partial charge < -0.3 is 5.32 Å². The minimum Gasteiger partial charge on any atom is -0.310 e. The lowest BCUT2D eigenvalue weighted by Gasteiger charge is -2.18. The van der Waals surface area contributed by atoms with Crippen LogP contribution in [0.3, 0.4) is 0 Å². The summed E-state index contributed by atoms with van der Waals surface area (Å²) in [5.41, 5.74) is 4.03. The Labute approximate surface area is 140 Å². The van der Waals surface area contributed by atoms with Gasteiger partial charge in [-0.3, -0.25) is 0 Å². The predicted molar refractivity (Wildman–Crippen MR) is 96.9 cm³/mol. The van der Waals surface area contributed by atoms with Crippen molar-refractivity contribution in [2.24, 2.45) is 0 Å². The fourth-order valence-electron chi connectivity index (χ4n) is 2.59. The van der Waals surface area contributed by atoms with Gasteiger partial charge in [-0.1, -0.05) is 42.5 Å². The van der Waals surface area contributed by atoms with Gasteiger partial charge in [-0.05, 0) is 56.0 Å². The second-order valence-corrected chi connectivity index (χ2v) is 5.75. The third-order valence-corrected chi connectivity index (χ3v) is 4.06. The molecule has 2 aromatic rings. The van der Waals surface area contributed by atoms with Crippen LogP contribution in [0.5, 0.6) is 0 Å². The third kappa shape index (κ3) is 5.39. The SMILES string of the molecule is Cc1cccc(S)c1C(C)NCCCc1ccccc1.Cl. The average Bonchev–Trinajstić information content (AvgIpc) is 2.44. The molecule has 0 fully saturated rings. The van der Waals surface area contributed by atoms with Crippen molar-refractivity contribution in [1.82, 2.24) is 5.32 Å². The third-order valence-electron chi connectivity index (χ3n) is 3.67. The van der Waals surface area contributed by atoms with Crippen LogP contribution in [0.25, 0.3) is 0 Å². The highest BCUT2D eigenvalue weighted by Crippen LogP contribution is 2.24. The van der Waals surface area contributed by atoms with E-state index in [9.17, 15) is 0 Å². The number of thiol groups is 1. The van der Waals surface area contributed by atoms with Crippen LogP contribution >= 0.6 is 25.0 Å². The number of benzene rings is 2. The van der Waals surface area contributed by atoms with Crippen molar-refractivity contribution in [1.29, 1.82) is 0 Å². The maximum absolute atomic E-state index is 4.57. The molecule has 0 amide bonds. The fourth-order valence-corrected chi connectivity index (χ4v) is 3.04. The highest BCUT2D eigenvalue weighted by Gasteiger charge is 2.10. The molecule has 0 saturated carbocycles. The lowest BCUT2D eigenvalue weighted by atomic mass is 10.0. The van der Waals surface area contributed by atoms with Crippen LogP contribution in [0.1, 0.15) is 36.1 Å². The molecule has 0 aliphatic rings. The van der Waals surface area contributed by atoms with E-state index < -0.39 is 0 Å². The summed E-state index contributed by atoms with van der Waals surface area (Å²) < 4.78 is 0. The monoisotopic (exact) mass is 321 g/mol. The van der Waals surface area contributed by atoms with Crippen molar-refractivity contribution in [3.63, 3.8) is 0 Å². The first-order valence-electron chi connectivity index (χ1n) is 7.24. The zero-order valence-electron chi connectivity index (χ0n) is 12.7. The predicted octanol–water partition coefficient (Wildman–Crippen LogP) is 4.99. The molecule has 0 aliphatic heterocycles. The van der Waals surface area contributed by atoms with Crippen molar-refractivity contribution in [3.05, 3.63) is 65.2 Å². The Morgan fingerprint density at radius 3 is 2.43 bits per heavy atom. The molecule has 2 rings (SSSR count). The van der Waals surface area contributed by atoms with Crippen LogP contribution in [-0.4, -0.2) is 6.54 Å². The number of hydrogen-bond acceptors (Lipinski definition) is 2. The van der Waals surface area contributed by atoms with Crippen LogP contribution in [0.2, 0.25) is 0 Å². The number of aryl methyl sites for hydroxylation is 2. The van der Waals surface area contributed by atoms with E-state index in [1.165, 1.54) is 16.7 Å². The van der Waals surface area contributed by atoms with E-state index in [0.29, 0.717) is 6.04 Å². The van der Waals surface area contributed by atoms with E-state index in [2.05, 4.69) is 80.3 Å². The molecule has 21 heavy (non-hydrogen) atoms. The van der Waals surface area contributed by atoms with Gasteiger partial charge in [0.15, 0.2) is 0 Å². The van der Waals surface area contributed by atoms with Gasteiger partial charge in [-0.25, -0.2) is 0 Å². The Morgan fingerprint density at radius 1 is 1.05 bits per heavy atom. The molecule has 0 aromatic heterocycles. The Bertz CT molecular complexity index is 522. The number of halogens is 1. The molecule has 1 unspecified atom stereocenters. The second kappa shape index (κ2) is 9.14. The summed E-state index contributed by atoms with van der Waals surface area (Å²) in [6.45, 7) is 5.39. The topological polar surface area (TPSA) is 12.0 Å². The molecule has 0 radical (unpaired) electrons. The van der Waals surface area contributed by atoms with Gasteiger partial charge in [0, 0.05) is 10.9 Å². The highest BCUT2D eigenvalue weighted by atomic mass is 35.5. The van der Waals surface area contributed by atoms with Crippen LogP contribution < -0.4 is 5.32 Å². The zero-order chi connectivity index (χ0) is 14.4. The van der Waals surface area contributed by atoms with Crippen molar-refractivity contribution in [3.8, 4) is 0 Å². The lowest BCUT2D eigenvalue weighted by molar-refractivity contribution is 0.550. The smallest absolute Gasteiger partial charge is 0.0305 e. The maximum atomic E-state index is 4.57. The van der Waals surface area contributed by atoms with Crippen molar-refractivity contribution < 1.29 is 0 Å². The molecule has 114 valence electrons. The standard InChI is InChI=1S/C18H23NS.ClH/c1-14-8-6-12-17(20)18(14)15(2)19-13-7-11-16-9-4-3-5-10-16;/h3-6,8-10,12,15,19-20H,7,11,13H2,1-2H3;1H. The van der Waals surface area contributed by atoms with Gasteiger partial charge in [-0.2, -0.15) is 0 Å². The molecule has 1 N–H and O–H groups in total. The highest BCUT2D eigenvalue weighted by molar-refractivity contribution is 7.80. The quantitative estimate of drug-likeness (QED) is 0.564. The minimum absolute atomic E-state index is 0. The summed E-state index contributed by atoms with van der Waals surface area (Å²) in [4.78, 5) is 1.08. The average molecular weight is 322 g/mol. The van der Waals surface area contributed by atoms with E-state index in [0.717, 1.165) is 24.3 Å². The second-order valence-electron chi connectivity index (χ2n) is 5.27. The summed E-state index contributed by atoms with van der Waals surface area (Å²) in [6, 6.07) is 17.3. The largest absolute Gasteiger partial charge is 0.310 e. The lowest BCUT2D eigenvalue weighted by Crippen LogP contribution is -2.21. The van der Waals surface area contributed by atoms with Gasteiger partial charge >= 0.3 is 0 Å². The van der Waals surface area contributed by atoms with E-state index >= 15 is 0 Å². The summed E-state index contributed by atoms with van der Waals surface area (Å²) in [7, 11) is 0. The van der Waals surface area contributed by atoms with Crippen molar-refractivity contribution in [2.75, 3.05) is 6.54 Å². The first kappa shape index (κ1) is 18.1. The van der Waals surface area contributed by atoms with Crippen molar-refractivity contribution >= 4 is 25.0 Å². The van der Waals surface area contributed by atoms with Gasteiger partial charge in [0.05, 0.1) is 0 Å². The molecule has 0 bridgehead atoms. The van der Waals surface area contributed by atoms with Crippen molar-refractivity contribution in [2.45, 2.75) is 37.6 Å². The summed E-state index contributed by atoms with van der Waals surface area (Å²) in [5.74, 6) is 0. The molecule has 0 heterocycles. The Morgan fingerprint density at radius 2 is 1.76 bits per heavy atom. The van der Waals surface area contributed by atoms with Crippen LogP contribution in [-0.2, 0) is 6.42 Å². The van der Waals surface area contributed by atoms with E-state index in [4.69, 9.17) is 0 Å². The normalized spacial score (nSPS) is 11.8. The number of hydrogen-bond donors (Lipinski definition) is 2. The van der Waals surface area contributed by atoms with E-state index in [1.54, 1.807) is 0 Å².